The fraction of sp³-hybridized carbons (Fsp3) is 0.500. The maximum Gasteiger partial charge on any atom is 0.167 e. The van der Waals surface area contributed by atoms with Crippen molar-refractivity contribution in [3.8, 4) is 0 Å². The van der Waals surface area contributed by atoms with Crippen molar-refractivity contribution < 1.29 is 9.57 Å². The van der Waals surface area contributed by atoms with Crippen LogP contribution in [0.3, 0.4) is 0 Å². The number of rotatable bonds is 3. The molecule has 0 spiro atoms. The molecule has 4 N–H and O–H groups in total. The molecule has 3 rings (SSSR count). The van der Waals surface area contributed by atoms with Gasteiger partial charge in [-0.25, -0.2) is 20.8 Å². The highest BCUT2D eigenvalue weighted by Crippen LogP contribution is 2.30. The third-order valence-corrected chi connectivity index (χ3v) is 3.06. The van der Waals surface area contributed by atoms with Crippen LogP contribution in [0.15, 0.2) is 12.7 Å². The lowest BCUT2D eigenvalue weighted by molar-refractivity contribution is -0.0403. The lowest BCUT2D eigenvalue weighted by atomic mass is 10.2. The van der Waals surface area contributed by atoms with Crippen LogP contribution in [0, 0.1) is 0 Å². The third kappa shape index (κ3) is 1.80. The Balaban J connectivity index is 1.89. The summed E-state index contributed by atoms with van der Waals surface area (Å²) in [5.74, 6) is 5.42. The van der Waals surface area contributed by atoms with E-state index in [1.165, 1.54) is 6.33 Å². The highest BCUT2D eigenvalue weighted by molar-refractivity contribution is 5.81. The van der Waals surface area contributed by atoms with Gasteiger partial charge in [-0.1, -0.05) is 0 Å². The summed E-state index contributed by atoms with van der Waals surface area (Å²) in [5.41, 5.74) is 7.02. The SMILES string of the molecule is NOC[C@@H]1CC[C@H](n2cnc3c(N)ncnc32)O1. The van der Waals surface area contributed by atoms with E-state index in [1.54, 1.807) is 6.33 Å². The van der Waals surface area contributed by atoms with Crippen LogP contribution >= 0.6 is 0 Å². The molecule has 0 saturated carbocycles. The van der Waals surface area contributed by atoms with Gasteiger partial charge < -0.3 is 15.3 Å². The summed E-state index contributed by atoms with van der Waals surface area (Å²) >= 11 is 0. The number of aromatic nitrogens is 4. The van der Waals surface area contributed by atoms with E-state index in [-0.39, 0.29) is 12.3 Å². The first-order valence-corrected chi connectivity index (χ1v) is 5.69. The molecule has 1 saturated heterocycles. The van der Waals surface area contributed by atoms with Crippen molar-refractivity contribution in [1.82, 2.24) is 19.5 Å². The van der Waals surface area contributed by atoms with Crippen LogP contribution in [0.5, 0.6) is 0 Å². The smallest absolute Gasteiger partial charge is 0.167 e. The van der Waals surface area contributed by atoms with Gasteiger partial charge in [-0.2, -0.15) is 0 Å². The summed E-state index contributed by atoms with van der Waals surface area (Å²) in [6.45, 7) is 0.389. The fourth-order valence-electron chi connectivity index (χ4n) is 2.20. The summed E-state index contributed by atoms with van der Waals surface area (Å²) in [7, 11) is 0. The Morgan fingerprint density at radius 1 is 1.39 bits per heavy atom. The first kappa shape index (κ1) is 11.3. The molecular weight excluding hydrogens is 236 g/mol. The molecule has 0 aliphatic carbocycles. The average Bonchev–Trinajstić information content (AvgIpc) is 2.96. The van der Waals surface area contributed by atoms with E-state index in [0.29, 0.717) is 23.6 Å². The molecule has 8 heteroatoms. The topological polar surface area (TPSA) is 114 Å². The van der Waals surface area contributed by atoms with Gasteiger partial charge in [0, 0.05) is 0 Å². The van der Waals surface area contributed by atoms with Gasteiger partial charge in [-0.05, 0) is 12.8 Å². The van der Waals surface area contributed by atoms with Crippen molar-refractivity contribution in [2.24, 2.45) is 5.90 Å². The van der Waals surface area contributed by atoms with Crippen LogP contribution in [-0.2, 0) is 9.57 Å². The van der Waals surface area contributed by atoms with Crippen molar-refractivity contribution in [2.45, 2.75) is 25.2 Å². The molecule has 1 fully saturated rings. The first-order chi connectivity index (χ1) is 8.79. The van der Waals surface area contributed by atoms with E-state index in [9.17, 15) is 0 Å². The Hall–Kier alpha value is -1.77. The molecule has 1 aliphatic heterocycles. The summed E-state index contributed by atoms with van der Waals surface area (Å²) < 4.78 is 7.68. The van der Waals surface area contributed by atoms with Gasteiger partial charge in [0.25, 0.3) is 0 Å². The number of nitrogens with two attached hydrogens (primary N) is 2. The second kappa shape index (κ2) is 4.48. The number of nitrogens with zero attached hydrogens (tertiary/aromatic N) is 4. The minimum absolute atomic E-state index is 0.0108. The monoisotopic (exact) mass is 250 g/mol. The predicted octanol–water partition coefficient (Wildman–Crippen LogP) is -0.0236. The molecule has 0 bridgehead atoms. The summed E-state index contributed by atoms with van der Waals surface area (Å²) in [5, 5.41) is 0. The quantitative estimate of drug-likeness (QED) is 0.735. The molecule has 0 unspecified atom stereocenters. The van der Waals surface area contributed by atoms with Crippen LogP contribution in [0.4, 0.5) is 5.82 Å². The van der Waals surface area contributed by atoms with Crippen LogP contribution in [0.1, 0.15) is 19.1 Å². The Bertz CT molecular complexity index is 556. The largest absolute Gasteiger partial charge is 0.382 e. The highest BCUT2D eigenvalue weighted by atomic mass is 16.6. The van der Waals surface area contributed by atoms with E-state index in [1.807, 2.05) is 4.57 Å². The van der Waals surface area contributed by atoms with Gasteiger partial charge in [0.2, 0.25) is 0 Å². The molecule has 0 aromatic carbocycles. The molecule has 18 heavy (non-hydrogen) atoms. The second-order valence-corrected chi connectivity index (χ2v) is 4.21. The molecule has 2 aromatic rings. The second-order valence-electron chi connectivity index (χ2n) is 4.21. The molecular formula is C10H14N6O2. The lowest BCUT2D eigenvalue weighted by Crippen LogP contribution is -2.18. The third-order valence-electron chi connectivity index (χ3n) is 3.06. The molecule has 3 heterocycles. The summed E-state index contributed by atoms with van der Waals surface area (Å²) in [6.07, 6.45) is 4.75. The summed E-state index contributed by atoms with van der Waals surface area (Å²) in [4.78, 5) is 16.9. The van der Waals surface area contributed by atoms with E-state index < -0.39 is 0 Å². The number of ether oxygens (including phenoxy) is 1. The number of imidazole rings is 1. The molecule has 0 radical (unpaired) electrons. The standard InChI is InChI=1S/C10H14N6O2/c11-9-8-10(14-4-13-9)16(5-15-8)7-2-1-6(18-7)3-17-12/h4-7H,1-3,12H2,(H2,11,13,14)/t6-,7+/m0/s1. The summed E-state index contributed by atoms with van der Waals surface area (Å²) in [6, 6.07) is 0. The van der Waals surface area contributed by atoms with E-state index in [0.717, 1.165) is 12.8 Å². The van der Waals surface area contributed by atoms with Gasteiger partial charge in [0.15, 0.2) is 11.5 Å². The molecule has 96 valence electrons. The van der Waals surface area contributed by atoms with Crippen LogP contribution in [0.25, 0.3) is 11.2 Å². The van der Waals surface area contributed by atoms with Gasteiger partial charge in [0.05, 0.1) is 19.0 Å². The van der Waals surface area contributed by atoms with Crippen molar-refractivity contribution in [2.75, 3.05) is 12.3 Å². The predicted molar refractivity (Wildman–Crippen MR) is 63.0 cm³/mol. The number of fused-ring (bicyclic) bond motifs is 1. The molecule has 1 aliphatic rings. The fourth-order valence-corrected chi connectivity index (χ4v) is 2.20. The Labute approximate surface area is 103 Å². The normalized spacial score (nSPS) is 23.8. The van der Waals surface area contributed by atoms with Crippen LogP contribution in [-0.4, -0.2) is 32.2 Å². The van der Waals surface area contributed by atoms with Crippen molar-refractivity contribution in [3.63, 3.8) is 0 Å². The molecule has 8 nitrogen and oxygen atoms in total. The van der Waals surface area contributed by atoms with Gasteiger partial charge in [-0.15, -0.1) is 0 Å². The maximum atomic E-state index is 5.81. The van der Waals surface area contributed by atoms with Crippen LogP contribution in [0.2, 0.25) is 0 Å². The van der Waals surface area contributed by atoms with Gasteiger partial charge in [-0.3, -0.25) is 4.57 Å². The Kier molecular flexibility index (Phi) is 2.82. The number of anilines is 1. The van der Waals surface area contributed by atoms with Crippen molar-refractivity contribution >= 4 is 17.0 Å². The minimum atomic E-state index is -0.107. The van der Waals surface area contributed by atoms with Crippen LogP contribution < -0.4 is 11.6 Å². The van der Waals surface area contributed by atoms with E-state index >= 15 is 0 Å². The average molecular weight is 250 g/mol. The minimum Gasteiger partial charge on any atom is -0.382 e. The Morgan fingerprint density at radius 3 is 3.11 bits per heavy atom. The Morgan fingerprint density at radius 2 is 2.28 bits per heavy atom. The maximum absolute atomic E-state index is 5.81. The number of nitrogen functional groups attached to an aromatic ring is 1. The van der Waals surface area contributed by atoms with E-state index in [2.05, 4.69) is 19.8 Å². The zero-order valence-electron chi connectivity index (χ0n) is 9.69. The number of hydrogen-bond donors (Lipinski definition) is 2. The van der Waals surface area contributed by atoms with Crippen molar-refractivity contribution in [3.05, 3.63) is 12.7 Å². The molecule has 2 aromatic heterocycles. The van der Waals surface area contributed by atoms with Gasteiger partial charge >= 0.3 is 0 Å². The number of hydrogen-bond acceptors (Lipinski definition) is 7. The lowest BCUT2D eigenvalue weighted by Gasteiger charge is -2.14. The van der Waals surface area contributed by atoms with E-state index in [4.69, 9.17) is 16.4 Å². The molecule has 0 amide bonds. The highest BCUT2D eigenvalue weighted by Gasteiger charge is 2.28. The zero-order valence-corrected chi connectivity index (χ0v) is 9.69. The zero-order chi connectivity index (χ0) is 12.5. The first-order valence-electron chi connectivity index (χ1n) is 5.69. The molecule has 2 atom stereocenters. The van der Waals surface area contributed by atoms with Crippen molar-refractivity contribution in [1.29, 1.82) is 0 Å². The van der Waals surface area contributed by atoms with Gasteiger partial charge in [0.1, 0.15) is 18.1 Å².